The summed E-state index contributed by atoms with van der Waals surface area (Å²) in [5.74, 6) is 1.10. The molecule has 2 N–H and O–H groups in total. The molecule has 1 aliphatic carbocycles. The fraction of sp³-hybridized carbons (Fsp3) is 0.588. The second-order valence-corrected chi connectivity index (χ2v) is 5.88. The topological polar surface area (TPSA) is 50.4 Å². The summed E-state index contributed by atoms with van der Waals surface area (Å²) in [6, 6.07) is 4.40. The largest absolute Gasteiger partial charge is 0.494 e. The van der Waals surface area contributed by atoms with E-state index in [1.807, 2.05) is 6.92 Å². The first-order chi connectivity index (χ1) is 10.3. The predicted molar refractivity (Wildman–Crippen MR) is 82.5 cm³/mol. The number of ether oxygens (including phenoxy) is 1. The lowest BCUT2D eigenvalue weighted by molar-refractivity contribution is -0.124. The van der Waals surface area contributed by atoms with Crippen LogP contribution in [-0.2, 0) is 24.2 Å². The van der Waals surface area contributed by atoms with Gasteiger partial charge in [0.2, 0.25) is 5.91 Å². The van der Waals surface area contributed by atoms with Crippen molar-refractivity contribution in [3.63, 3.8) is 0 Å². The number of carbonyl (C=O) groups excluding carboxylic acids is 1. The van der Waals surface area contributed by atoms with Gasteiger partial charge in [0.1, 0.15) is 5.75 Å². The second-order valence-electron chi connectivity index (χ2n) is 5.88. The Morgan fingerprint density at radius 1 is 1.29 bits per heavy atom. The van der Waals surface area contributed by atoms with E-state index in [2.05, 4.69) is 22.8 Å². The highest BCUT2D eigenvalue weighted by Gasteiger charge is 2.22. The van der Waals surface area contributed by atoms with E-state index in [9.17, 15) is 4.79 Å². The number of piperidine rings is 1. The average Bonchev–Trinajstić information content (AvgIpc) is 2.94. The van der Waals surface area contributed by atoms with Gasteiger partial charge < -0.3 is 15.4 Å². The quantitative estimate of drug-likeness (QED) is 0.870. The van der Waals surface area contributed by atoms with E-state index in [1.165, 1.54) is 29.5 Å². The zero-order valence-electron chi connectivity index (χ0n) is 12.7. The zero-order valence-corrected chi connectivity index (χ0v) is 12.7. The number of hydrogen-bond acceptors (Lipinski definition) is 3. The van der Waals surface area contributed by atoms with Crippen molar-refractivity contribution in [3.8, 4) is 5.75 Å². The molecule has 1 fully saturated rings. The Morgan fingerprint density at radius 2 is 2.10 bits per heavy atom. The molecule has 4 nitrogen and oxygen atoms in total. The monoisotopic (exact) mass is 288 g/mol. The van der Waals surface area contributed by atoms with E-state index in [1.54, 1.807) is 0 Å². The Morgan fingerprint density at radius 3 is 2.86 bits per heavy atom. The Balaban J connectivity index is 1.72. The third kappa shape index (κ3) is 3.21. The average molecular weight is 288 g/mol. The molecular formula is C17H24N2O2. The third-order valence-electron chi connectivity index (χ3n) is 4.40. The van der Waals surface area contributed by atoms with Crippen LogP contribution in [-0.4, -0.2) is 25.1 Å². The molecule has 0 saturated carbocycles. The zero-order chi connectivity index (χ0) is 14.7. The van der Waals surface area contributed by atoms with Crippen LogP contribution in [0.5, 0.6) is 5.75 Å². The fourth-order valence-electron chi connectivity index (χ4n) is 3.28. The summed E-state index contributed by atoms with van der Waals surface area (Å²) in [5.41, 5.74) is 4.05. The molecule has 0 radical (unpaired) electrons. The van der Waals surface area contributed by atoms with Crippen LogP contribution < -0.4 is 15.4 Å². The van der Waals surface area contributed by atoms with Gasteiger partial charge >= 0.3 is 0 Å². The summed E-state index contributed by atoms with van der Waals surface area (Å²) in [6.45, 7) is 4.19. The van der Waals surface area contributed by atoms with Gasteiger partial charge in [-0.05, 0) is 56.2 Å². The molecule has 1 heterocycles. The lowest BCUT2D eigenvalue weighted by Gasteiger charge is -2.23. The molecule has 1 saturated heterocycles. The molecule has 1 aromatic rings. The number of amides is 1. The van der Waals surface area contributed by atoms with Crippen molar-refractivity contribution in [1.82, 2.24) is 10.6 Å². The number of hydrogen-bond donors (Lipinski definition) is 2. The fourth-order valence-corrected chi connectivity index (χ4v) is 3.28. The van der Waals surface area contributed by atoms with E-state index < -0.39 is 0 Å². The van der Waals surface area contributed by atoms with Crippen molar-refractivity contribution in [2.24, 2.45) is 0 Å². The first-order valence-corrected chi connectivity index (χ1v) is 8.06. The SMILES string of the molecule is CCOc1cc2c(cc1CNC1CCCNC1=O)CCC2. The van der Waals surface area contributed by atoms with Crippen LogP contribution in [0, 0.1) is 0 Å². The van der Waals surface area contributed by atoms with E-state index >= 15 is 0 Å². The Hall–Kier alpha value is -1.55. The molecule has 1 aromatic carbocycles. The van der Waals surface area contributed by atoms with Gasteiger partial charge in [-0.15, -0.1) is 0 Å². The van der Waals surface area contributed by atoms with Crippen molar-refractivity contribution >= 4 is 5.91 Å². The smallest absolute Gasteiger partial charge is 0.237 e. The molecule has 3 rings (SSSR count). The van der Waals surface area contributed by atoms with E-state index in [4.69, 9.17) is 4.74 Å². The molecule has 1 aliphatic heterocycles. The van der Waals surface area contributed by atoms with Gasteiger partial charge in [0.25, 0.3) is 0 Å². The van der Waals surface area contributed by atoms with Crippen molar-refractivity contribution < 1.29 is 9.53 Å². The molecule has 0 bridgehead atoms. The minimum absolute atomic E-state index is 0.0681. The van der Waals surface area contributed by atoms with Gasteiger partial charge in [-0.2, -0.15) is 0 Å². The summed E-state index contributed by atoms with van der Waals surface area (Å²) in [6.07, 6.45) is 5.53. The summed E-state index contributed by atoms with van der Waals surface area (Å²) in [4.78, 5) is 11.8. The maximum Gasteiger partial charge on any atom is 0.237 e. The molecule has 21 heavy (non-hydrogen) atoms. The maximum absolute atomic E-state index is 11.8. The summed E-state index contributed by atoms with van der Waals surface area (Å²) >= 11 is 0. The minimum Gasteiger partial charge on any atom is -0.494 e. The number of carbonyl (C=O) groups is 1. The predicted octanol–water partition coefficient (Wildman–Crippen LogP) is 1.94. The van der Waals surface area contributed by atoms with Crippen LogP contribution in [0.15, 0.2) is 12.1 Å². The Labute approximate surface area is 126 Å². The number of benzene rings is 1. The second kappa shape index (κ2) is 6.48. The minimum atomic E-state index is -0.0681. The lowest BCUT2D eigenvalue weighted by atomic mass is 10.0. The summed E-state index contributed by atoms with van der Waals surface area (Å²) < 4.78 is 5.79. The highest BCUT2D eigenvalue weighted by Crippen LogP contribution is 2.30. The molecule has 1 amide bonds. The maximum atomic E-state index is 11.8. The molecule has 1 atom stereocenters. The van der Waals surface area contributed by atoms with Crippen LogP contribution >= 0.6 is 0 Å². The molecule has 2 aliphatic rings. The first-order valence-electron chi connectivity index (χ1n) is 8.06. The van der Waals surface area contributed by atoms with E-state index in [-0.39, 0.29) is 11.9 Å². The first kappa shape index (κ1) is 14.4. The van der Waals surface area contributed by atoms with Gasteiger partial charge in [-0.1, -0.05) is 6.07 Å². The van der Waals surface area contributed by atoms with Crippen LogP contribution in [0.3, 0.4) is 0 Å². The number of nitrogens with one attached hydrogen (secondary N) is 2. The summed E-state index contributed by atoms with van der Waals surface area (Å²) in [7, 11) is 0. The lowest BCUT2D eigenvalue weighted by Crippen LogP contribution is -2.47. The van der Waals surface area contributed by atoms with Crippen molar-refractivity contribution in [3.05, 3.63) is 28.8 Å². The number of aryl methyl sites for hydroxylation is 2. The van der Waals surface area contributed by atoms with Crippen LogP contribution in [0.1, 0.15) is 42.9 Å². The highest BCUT2D eigenvalue weighted by atomic mass is 16.5. The van der Waals surface area contributed by atoms with Gasteiger partial charge in [0.05, 0.1) is 12.6 Å². The van der Waals surface area contributed by atoms with E-state index in [0.29, 0.717) is 13.2 Å². The van der Waals surface area contributed by atoms with Gasteiger partial charge in [-0.25, -0.2) is 0 Å². The molecular weight excluding hydrogens is 264 g/mol. The van der Waals surface area contributed by atoms with E-state index in [0.717, 1.165) is 31.6 Å². The van der Waals surface area contributed by atoms with Crippen LogP contribution in [0.4, 0.5) is 0 Å². The third-order valence-corrected chi connectivity index (χ3v) is 4.40. The normalized spacial score (nSPS) is 21.0. The Bertz CT molecular complexity index is 528. The number of rotatable bonds is 5. The highest BCUT2D eigenvalue weighted by molar-refractivity contribution is 5.82. The van der Waals surface area contributed by atoms with Gasteiger partial charge in [0, 0.05) is 18.7 Å². The Kier molecular flexibility index (Phi) is 4.44. The van der Waals surface area contributed by atoms with Crippen molar-refractivity contribution in [2.45, 2.75) is 51.6 Å². The molecule has 114 valence electrons. The van der Waals surface area contributed by atoms with Crippen LogP contribution in [0.25, 0.3) is 0 Å². The van der Waals surface area contributed by atoms with Crippen LogP contribution in [0.2, 0.25) is 0 Å². The molecule has 4 heteroatoms. The van der Waals surface area contributed by atoms with Gasteiger partial charge in [0.15, 0.2) is 0 Å². The standard InChI is InChI=1S/C17H24N2O2/c1-2-21-16-10-13-6-3-5-12(13)9-14(16)11-19-15-7-4-8-18-17(15)20/h9-10,15,19H,2-8,11H2,1H3,(H,18,20). The summed E-state index contributed by atoms with van der Waals surface area (Å²) in [5, 5.41) is 6.30. The van der Waals surface area contributed by atoms with Crippen molar-refractivity contribution in [1.29, 1.82) is 0 Å². The molecule has 0 spiro atoms. The van der Waals surface area contributed by atoms with Crippen molar-refractivity contribution in [2.75, 3.05) is 13.2 Å². The number of fused-ring (bicyclic) bond motifs is 1. The van der Waals surface area contributed by atoms with Gasteiger partial charge in [-0.3, -0.25) is 4.79 Å². The molecule has 1 unspecified atom stereocenters. The molecule has 0 aromatic heterocycles.